The van der Waals surface area contributed by atoms with Gasteiger partial charge in [-0.05, 0) is 87.5 Å². The molecule has 0 radical (unpaired) electrons. The third kappa shape index (κ3) is 26.3. The Morgan fingerprint density at radius 3 is 2.08 bits per heavy atom. The quantitative estimate of drug-likeness (QED) is 0.154. The zero-order chi connectivity index (χ0) is 54.5. The maximum Gasteiger partial charge on any atom is 0.373 e. The zero-order valence-corrected chi connectivity index (χ0v) is 45.9. The van der Waals surface area contributed by atoms with Gasteiger partial charge in [-0.1, -0.05) is 144 Å². The fourth-order valence-corrected chi connectivity index (χ4v) is 9.75. The third-order valence-corrected chi connectivity index (χ3v) is 14.5. The van der Waals surface area contributed by atoms with E-state index in [1.165, 1.54) is 6.08 Å². The summed E-state index contributed by atoms with van der Waals surface area (Å²) >= 11 is 0. The summed E-state index contributed by atoms with van der Waals surface area (Å²) in [5.74, 6) is -0.201. The van der Waals surface area contributed by atoms with Crippen LogP contribution in [-0.4, -0.2) is 97.5 Å². The molecule has 3 aliphatic rings. The standard InChI is InChI=1S/C59H90O11.CO2/c1-12-47-22-15-13-14-16-24-50(60)33-48-34-52(68-58(64)35-48)37-55(67-11)44(7)26-25-43(6)45(8)54(62)29-40(3)21-18-23-49-36-59(65)70-56(46(49)9)30-42(5)28-53(38-66-10)69-57(63)31-41(4)20-17-19-39(2)27-51(61)32-47;2-1-3/h13-21,23,30,35,40-41,43-47,51-56,61-62H,12,22,24-29,31-34,36-38H2,1-11H3;/b15-13+,16-14-,20-17+,21-18+,39-19-,42-30-,49-23+;. The normalized spacial score (nSPS) is 36.0. The maximum absolute atomic E-state index is 13.1. The van der Waals surface area contributed by atoms with Gasteiger partial charge in [-0.3, -0.25) is 14.4 Å². The molecule has 13 unspecified atom stereocenters. The Morgan fingerprint density at radius 2 is 1.40 bits per heavy atom. The van der Waals surface area contributed by atoms with Crippen molar-refractivity contribution in [2.24, 2.45) is 41.4 Å². The van der Waals surface area contributed by atoms with E-state index < -0.39 is 30.4 Å². The van der Waals surface area contributed by atoms with Crippen molar-refractivity contribution < 1.29 is 62.7 Å². The second-order valence-electron chi connectivity index (χ2n) is 21.1. The maximum atomic E-state index is 13.1. The number of allylic oxidation sites excluding steroid dienone is 10. The number of aliphatic hydroxyl groups is 2. The van der Waals surface area contributed by atoms with Gasteiger partial charge in [-0.2, -0.15) is 9.59 Å². The molecule has 2 N–H and O–H groups in total. The predicted molar refractivity (Wildman–Crippen MR) is 283 cm³/mol. The lowest BCUT2D eigenvalue weighted by atomic mass is 9.81. The van der Waals surface area contributed by atoms with Crippen LogP contribution in [0.4, 0.5) is 0 Å². The summed E-state index contributed by atoms with van der Waals surface area (Å²) in [5.41, 5.74) is 3.73. The minimum absolute atomic E-state index is 0.0361. The van der Waals surface area contributed by atoms with Crippen LogP contribution in [0.1, 0.15) is 152 Å². The number of Topliss-reactive ketones (excluding diaryl/α,β-unsaturated/α-hetero) is 1. The van der Waals surface area contributed by atoms with Crippen molar-refractivity contribution >= 4 is 29.8 Å². The number of ether oxygens (including phenoxy) is 5. The summed E-state index contributed by atoms with van der Waals surface area (Å²) in [4.78, 5) is 67.8. The lowest BCUT2D eigenvalue weighted by Crippen LogP contribution is -2.32. The van der Waals surface area contributed by atoms with Crippen molar-refractivity contribution in [1.29, 1.82) is 0 Å². The van der Waals surface area contributed by atoms with Crippen molar-refractivity contribution in [1.82, 2.24) is 0 Å². The number of methoxy groups -OCH3 is 2. The first kappa shape index (κ1) is 64.3. The van der Waals surface area contributed by atoms with E-state index in [-0.39, 0.29) is 104 Å². The molecule has 0 spiro atoms. The van der Waals surface area contributed by atoms with Crippen LogP contribution in [0.2, 0.25) is 0 Å². The van der Waals surface area contributed by atoms with Crippen molar-refractivity contribution in [2.75, 3.05) is 20.8 Å². The molecule has 13 heteroatoms. The fraction of sp³-hybridized carbons (Fsp3) is 0.650. The van der Waals surface area contributed by atoms with Crippen LogP contribution < -0.4 is 0 Å². The Kier molecular flexibility index (Phi) is 31.2. The minimum Gasteiger partial charge on any atom is -0.460 e. The molecule has 4 bridgehead atoms. The summed E-state index contributed by atoms with van der Waals surface area (Å²) < 4.78 is 28.8. The Hall–Kier alpha value is -4.78. The lowest BCUT2D eigenvalue weighted by molar-refractivity contribution is -0.192. The van der Waals surface area contributed by atoms with Gasteiger partial charge in [0.15, 0.2) is 0 Å². The Labute approximate surface area is 437 Å². The molecule has 408 valence electrons. The number of hydrogen-bond acceptors (Lipinski definition) is 13. The molecule has 1 fully saturated rings. The molecule has 13 nitrogen and oxygen atoms in total. The molecule has 0 aliphatic carbocycles. The van der Waals surface area contributed by atoms with Crippen molar-refractivity contribution in [3.05, 3.63) is 95.2 Å². The number of esters is 3. The van der Waals surface area contributed by atoms with Crippen LogP contribution in [-0.2, 0) is 52.5 Å². The molecule has 0 aromatic heterocycles. The van der Waals surface area contributed by atoms with Gasteiger partial charge in [0.25, 0.3) is 0 Å². The van der Waals surface area contributed by atoms with Crippen LogP contribution >= 0.6 is 0 Å². The molecule has 0 aromatic rings. The number of rotatable bonds is 4. The zero-order valence-electron chi connectivity index (χ0n) is 45.9. The number of cyclic esters (lactones) is 1. The van der Waals surface area contributed by atoms with Gasteiger partial charge in [-0.25, -0.2) is 4.79 Å². The van der Waals surface area contributed by atoms with E-state index in [1.807, 2.05) is 75.5 Å². The number of carbonyl (C=O) groups is 4. The van der Waals surface area contributed by atoms with Gasteiger partial charge in [-0.15, -0.1) is 0 Å². The minimum atomic E-state index is -0.499. The second-order valence-corrected chi connectivity index (χ2v) is 21.1. The largest absolute Gasteiger partial charge is 0.460 e. The smallest absolute Gasteiger partial charge is 0.373 e. The van der Waals surface area contributed by atoms with Crippen molar-refractivity contribution in [3.63, 3.8) is 0 Å². The van der Waals surface area contributed by atoms with Crippen molar-refractivity contribution in [2.45, 2.75) is 189 Å². The third-order valence-electron chi connectivity index (χ3n) is 14.5. The molecule has 3 rings (SSSR count). The average molecular weight is 1020 g/mol. The van der Waals surface area contributed by atoms with Crippen LogP contribution in [0.5, 0.6) is 0 Å². The Balaban J connectivity index is 0.00000593. The van der Waals surface area contributed by atoms with Crippen LogP contribution in [0, 0.1) is 41.4 Å². The number of hydrogen-bond donors (Lipinski definition) is 2. The lowest BCUT2D eigenvalue weighted by Gasteiger charge is -2.31. The van der Waals surface area contributed by atoms with E-state index in [2.05, 4.69) is 53.7 Å². The van der Waals surface area contributed by atoms with E-state index >= 15 is 0 Å². The van der Waals surface area contributed by atoms with Crippen LogP contribution in [0.3, 0.4) is 0 Å². The van der Waals surface area contributed by atoms with Gasteiger partial charge < -0.3 is 33.9 Å². The molecule has 3 aliphatic heterocycles. The first-order valence-electron chi connectivity index (χ1n) is 26.6. The highest BCUT2D eigenvalue weighted by molar-refractivity contribution is 5.88. The van der Waals surface area contributed by atoms with E-state index in [0.29, 0.717) is 44.4 Å². The van der Waals surface area contributed by atoms with Gasteiger partial charge in [0, 0.05) is 58.3 Å². The predicted octanol–water partition coefficient (Wildman–Crippen LogP) is 11.0. The first-order chi connectivity index (χ1) is 34.7. The monoisotopic (exact) mass is 1020 g/mol. The molecule has 73 heavy (non-hydrogen) atoms. The topological polar surface area (TPSA) is 189 Å². The molecule has 1 saturated heterocycles. The SMILES string of the molecule is CCC1C/C=C/C=C\CC(=O)CC2=CC(=O)OC(C2)CC(OC)C(C)CCC(C)C(C)C(O)CC(C)/C=C/C=C2\CC(=O)OC(/C=C(/C)CC(COC)OC(=O)CC(C)/C=C/C=C(/C)CC(O)C1)C2C.O=C=O. The summed E-state index contributed by atoms with van der Waals surface area (Å²) in [6, 6.07) is 0. The summed E-state index contributed by atoms with van der Waals surface area (Å²) in [6.07, 6.45) is 28.7. The van der Waals surface area contributed by atoms with Gasteiger partial charge in [0.1, 0.15) is 24.1 Å². The number of ketones is 1. The number of aliphatic hydroxyl groups excluding tert-OH is 2. The fourth-order valence-electron chi connectivity index (χ4n) is 9.75. The van der Waals surface area contributed by atoms with Crippen LogP contribution in [0.15, 0.2) is 95.2 Å². The molecule has 0 amide bonds. The summed E-state index contributed by atoms with van der Waals surface area (Å²) in [7, 11) is 3.27. The molecular weight excluding hydrogens is 929 g/mol. The average Bonchev–Trinajstić information content (AvgIpc) is 3.31. The van der Waals surface area contributed by atoms with Gasteiger partial charge in [0.2, 0.25) is 0 Å². The highest BCUT2D eigenvalue weighted by atomic mass is 16.6. The summed E-state index contributed by atoms with van der Waals surface area (Å²) in [5, 5.41) is 22.3. The molecular formula is C60H90O13. The Bertz CT molecular complexity index is 2000. The van der Waals surface area contributed by atoms with E-state index in [0.717, 1.165) is 48.0 Å². The second kappa shape index (κ2) is 35.4. The Morgan fingerprint density at radius 1 is 0.726 bits per heavy atom. The van der Waals surface area contributed by atoms with Crippen LogP contribution in [0.25, 0.3) is 0 Å². The van der Waals surface area contributed by atoms with Gasteiger partial charge >= 0.3 is 24.1 Å². The molecule has 0 saturated carbocycles. The van der Waals surface area contributed by atoms with Gasteiger partial charge in [0.05, 0.1) is 37.8 Å². The van der Waals surface area contributed by atoms with E-state index in [4.69, 9.17) is 33.3 Å². The van der Waals surface area contributed by atoms with Crippen molar-refractivity contribution in [3.8, 4) is 0 Å². The van der Waals surface area contributed by atoms with E-state index in [1.54, 1.807) is 14.2 Å². The molecule has 13 atom stereocenters. The highest BCUT2D eigenvalue weighted by Gasteiger charge is 2.32. The molecule has 0 aromatic carbocycles. The molecule has 3 heterocycles. The number of fused-ring (bicyclic) bond motifs is 4. The summed E-state index contributed by atoms with van der Waals surface area (Å²) in [6.45, 7) is 18.9. The highest BCUT2D eigenvalue weighted by Crippen LogP contribution is 2.32. The van der Waals surface area contributed by atoms with E-state index in [9.17, 15) is 29.4 Å². The number of carbonyl (C=O) groups excluding carboxylic acids is 6. The first-order valence-corrected chi connectivity index (χ1v) is 26.6.